The van der Waals surface area contributed by atoms with Crippen LogP contribution >= 0.6 is 0 Å². The Morgan fingerprint density at radius 1 is 1.04 bits per heavy atom. The van der Waals surface area contributed by atoms with Crippen LogP contribution in [-0.4, -0.2) is 31.3 Å². The molecule has 0 saturated heterocycles. The molecule has 0 bridgehead atoms. The average Bonchev–Trinajstić information content (AvgIpc) is 2.71. The smallest absolute Gasteiger partial charge is 0.309 e. The lowest BCUT2D eigenvalue weighted by Crippen LogP contribution is -2.20. The highest BCUT2D eigenvalue weighted by atomic mass is 16.6. The SMILES string of the molecule is COc1cccc(OCCOC(=O)C(C)Cc2cncc3ccccc23)c1. The third-order valence-corrected chi connectivity index (χ3v) is 4.32. The van der Waals surface area contributed by atoms with Gasteiger partial charge in [0.15, 0.2) is 0 Å². The van der Waals surface area contributed by atoms with Gasteiger partial charge in [-0.25, -0.2) is 0 Å². The summed E-state index contributed by atoms with van der Waals surface area (Å²) >= 11 is 0. The van der Waals surface area contributed by atoms with Crippen molar-refractivity contribution in [2.24, 2.45) is 5.92 Å². The van der Waals surface area contributed by atoms with E-state index in [1.807, 2.05) is 61.8 Å². The number of rotatable bonds is 8. The van der Waals surface area contributed by atoms with E-state index < -0.39 is 0 Å². The van der Waals surface area contributed by atoms with Crippen LogP contribution in [0.25, 0.3) is 10.8 Å². The molecule has 1 atom stereocenters. The predicted molar refractivity (Wildman–Crippen MR) is 104 cm³/mol. The molecule has 5 nitrogen and oxygen atoms in total. The molecule has 0 radical (unpaired) electrons. The van der Waals surface area contributed by atoms with Crippen molar-refractivity contribution in [1.29, 1.82) is 0 Å². The minimum atomic E-state index is -0.255. The van der Waals surface area contributed by atoms with Gasteiger partial charge < -0.3 is 14.2 Å². The van der Waals surface area contributed by atoms with Crippen LogP contribution < -0.4 is 9.47 Å². The molecule has 0 saturated carbocycles. The second-order valence-corrected chi connectivity index (χ2v) is 6.32. The van der Waals surface area contributed by atoms with Gasteiger partial charge in [0.05, 0.1) is 13.0 Å². The van der Waals surface area contributed by atoms with Gasteiger partial charge >= 0.3 is 5.97 Å². The van der Waals surface area contributed by atoms with Crippen LogP contribution in [0.2, 0.25) is 0 Å². The van der Waals surface area contributed by atoms with Crippen LogP contribution in [0.15, 0.2) is 60.9 Å². The molecule has 140 valence electrons. The quantitative estimate of drug-likeness (QED) is 0.445. The van der Waals surface area contributed by atoms with E-state index >= 15 is 0 Å². The van der Waals surface area contributed by atoms with Gasteiger partial charge in [-0.1, -0.05) is 37.3 Å². The lowest BCUT2D eigenvalue weighted by atomic mass is 9.98. The Labute approximate surface area is 158 Å². The first kappa shape index (κ1) is 18.7. The van der Waals surface area contributed by atoms with Gasteiger partial charge in [-0.2, -0.15) is 0 Å². The van der Waals surface area contributed by atoms with Crippen LogP contribution in [0.4, 0.5) is 0 Å². The van der Waals surface area contributed by atoms with E-state index in [0.29, 0.717) is 18.8 Å². The maximum atomic E-state index is 12.3. The number of pyridine rings is 1. The van der Waals surface area contributed by atoms with Crippen molar-refractivity contribution in [3.8, 4) is 11.5 Å². The summed E-state index contributed by atoms with van der Waals surface area (Å²) in [6.45, 7) is 2.36. The van der Waals surface area contributed by atoms with Gasteiger partial charge in [-0.05, 0) is 29.5 Å². The van der Waals surface area contributed by atoms with E-state index in [9.17, 15) is 4.79 Å². The molecule has 27 heavy (non-hydrogen) atoms. The highest BCUT2D eigenvalue weighted by Crippen LogP contribution is 2.21. The number of fused-ring (bicyclic) bond motifs is 1. The Morgan fingerprint density at radius 3 is 2.70 bits per heavy atom. The second kappa shape index (κ2) is 9.03. The van der Waals surface area contributed by atoms with Crippen LogP contribution in [0.1, 0.15) is 12.5 Å². The zero-order chi connectivity index (χ0) is 19.1. The Bertz CT molecular complexity index is 904. The normalized spacial score (nSPS) is 11.8. The molecule has 0 spiro atoms. The van der Waals surface area contributed by atoms with E-state index in [4.69, 9.17) is 14.2 Å². The van der Waals surface area contributed by atoms with Gasteiger partial charge in [-0.3, -0.25) is 9.78 Å². The molecule has 0 amide bonds. The van der Waals surface area contributed by atoms with Gasteiger partial charge in [0.2, 0.25) is 0 Å². The van der Waals surface area contributed by atoms with E-state index in [1.54, 1.807) is 13.2 Å². The van der Waals surface area contributed by atoms with Crippen molar-refractivity contribution in [3.05, 3.63) is 66.5 Å². The predicted octanol–water partition coefficient (Wildman–Crippen LogP) is 4.04. The third kappa shape index (κ3) is 4.97. The summed E-state index contributed by atoms with van der Waals surface area (Å²) in [6.07, 6.45) is 4.24. The first-order chi connectivity index (χ1) is 13.2. The van der Waals surface area contributed by atoms with Crippen molar-refractivity contribution in [1.82, 2.24) is 4.98 Å². The van der Waals surface area contributed by atoms with E-state index in [2.05, 4.69) is 4.98 Å². The van der Waals surface area contributed by atoms with Crippen molar-refractivity contribution < 1.29 is 19.0 Å². The summed E-state index contributed by atoms with van der Waals surface area (Å²) in [6, 6.07) is 15.4. The van der Waals surface area contributed by atoms with Crippen LogP contribution in [-0.2, 0) is 16.0 Å². The molecule has 0 aliphatic rings. The maximum absolute atomic E-state index is 12.3. The van der Waals surface area contributed by atoms with Gasteiger partial charge in [-0.15, -0.1) is 0 Å². The Balaban J connectivity index is 1.49. The highest BCUT2D eigenvalue weighted by Gasteiger charge is 2.16. The molecule has 1 heterocycles. The number of carbonyl (C=O) groups excluding carboxylic acids is 1. The van der Waals surface area contributed by atoms with E-state index in [1.165, 1.54) is 0 Å². The molecule has 2 aromatic carbocycles. The summed E-state index contributed by atoms with van der Waals surface area (Å²) in [4.78, 5) is 16.5. The minimum absolute atomic E-state index is 0.203. The monoisotopic (exact) mass is 365 g/mol. The molecular weight excluding hydrogens is 342 g/mol. The third-order valence-electron chi connectivity index (χ3n) is 4.32. The largest absolute Gasteiger partial charge is 0.497 e. The zero-order valence-corrected chi connectivity index (χ0v) is 15.6. The van der Waals surface area contributed by atoms with E-state index in [0.717, 1.165) is 22.1 Å². The summed E-state index contributed by atoms with van der Waals surface area (Å²) < 4.78 is 16.1. The Morgan fingerprint density at radius 2 is 1.85 bits per heavy atom. The Kier molecular flexibility index (Phi) is 6.26. The fourth-order valence-electron chi connectivity index (χ4n) is 2.89. The van der Waals surface area contributed by atoms with Crippen LogP contribution in [0.5, 0.6) is 11.5 Å². The number of benzene rings is 2. The van der Waals surface area contributed by atoms with Crippen molar-refractivity contribution in [2.75, 3.05) is 20.3 Å². The van der Waals surface area contributed by atoms with Crippen LogP contribution in [0.3, 0.4) is 0 Å². The fourth-order valence-corrected chi connectivity index (χ4v) is 2.89. The molecule has 0 aliphatic heterocycles. The topological polar surface area (TPSA) is 57.7 Å². The number of nitrogens with zero attached hydrogens (tertiary/aromatic N) is 1. The van der Waals surface area contributed by atoms with Gasteiger partial charge in [0, 0.05) is 23.8 Å². The maximum Gasteiger partial charge on any atom is 0.309 e. The first-order valence-electron chi connectivity index (χ1n) is 8.92. The molecule has 0 fully saturated rings. The van der Waals surface area contributed by atoms with Gasteiger partial charge in [0.25, 0.3) is 0 Å². The molecule has 0 aliphatic carbocycles. The molecule has 3 rings (SSSR count). The zero-order valence-electron chi connectivity index (χ0n) is 15.6. The number of ether oxygens (including phenoxy) is 3. The van der Waals surface area contributed by atoms with Crippen LogP contribution in [0, 0.1) is 5.92 Å². The van der Waals surface area contributed by atoms with Gasteiger partial charge in [0.1, 0.15) is 24.7 Å². The number of methoxy groups -OCH3 is 1. The summed E-state index contributed by atoms with van der Waals surface area (Å²) in [5.74, 6) is 0.911. The molecule has 1 aromatic heterocycles. The van der Waals surface area contributed by atoms with E-state index in [-0.39, 0.29) is 18.5 Å². The molecule has 5 heteroatoms. The average molecular weight is 365 g/mol. The molecule has 0 N–H and O–H groups in total. The lowest BCUT2D eigenvalue weighted by Gasteiger charge is -2.13. The number of hydrogen-bond acceptors (Lipinski definition) is 5. The summed E-state index contributed by atoms with van der Waals surface area (Å²) in [7, 11) is 1.60. The van der Waals surface area contributed by atoms with Crippen molar-refractivity contribution in [3.63, 3.8) is 0 Å². The van der Waals surface area contributed by atoms with Crippen molar-refractivity contribution >= 4 is 16.7 Å². The molecule has 1 unspecified atom stereocenters. The lowest BCUT2D eigenvalue weighted by molar-refractivity contribution is -0.148. The number of carbonyl (C=O) groups is 1. The standard InChI is InChI=1S/C22H23NO4/c1-16(12-18-15-23-14-17-6-3-4-9-21(17)18)22(24)27-11-10-26-20-8-5-7-19(13-20)25-2/h3-9,13-16H,10-12H2,1-2H3. The summed E-state index contributed by atoms with van der Waals surface area (Å²) in [5, 5.41) is 2.19. The fraction of sp³-hybridized carbons (Fsp3) is 0.273. The van der Waals surface area contributed by atoms with Crippen molar-refractivity contribution in [2.45, 2.75) is 13.3 Å². The Hall–Kier alpha value is -3.08. The second-order valence-electron chi connectivity index (χ2n) is 6.32. The number of hydrogen-bond donors (Lipinski definition) is 0. The highest BCUT2D eigenvalue weighted by molar-refractivity contribution is 5.85. The number of esters is 1. The number of aromatic nitrogens is 1. The summed E-state index contributed by atoms with van der Waals surface area (Å²) in [5.41, 5.74) is 1.05. The molecule has 3 aromatic rings. The minimum Gasteiger partial charge on any atom is -0.497 e. The first-order valence-corrected chi connectivity index (χ1v) is 8.92. The molecular formula is C22H23NO4.